The Morgan fingerprint density at radius 1 is 0.962 bits per heavy atom. The van der Waals surface area contributed by atoms with Crippen LogP contribution in [0.25, 0.3) is 0 Å². The molecule has 138 valence electrons. The van der Waals surface area contributed by atoms with Crippen LogP contribution in [0, 0.1) is 13.8 Å². The number of ketones is 1. The van der Waals surface area contributed by atoms with Crippen LogP contribution >= 0.6 is 0 Å². The van der Waals surface area contributed by atoms with Gasteiger partial charge in [0.15, 0.2) is 5.78 Å². The first-order valence-corrected chi connectivity index (χ1v) is 10.2. The fourth-order valence-corrected chi connectivity index (χ4v) is 4.73. The molecule has 0 atom stereocenters. The lowest BCUT2D eigenvalue weighted by Gasteiger charge is -2.33. The Balaban J connectivity index is 1.61. The SMILES string of the molecule is Cc1ccc(C(=O)CN2CCN(S(=O)(=O)c3ccccc3)CC2)c(C)c1. The number of hydrogen-bond donors (Lipinski definition) is 0. The van der Waals surface area contributed by atoms with Crippen molar-refractivity contribution in [3.05, 3.63) is 65.2 Å². The van der Waals surface area contributed by atoms with Crippen molar-refractivity contribution in [2.45, 2.75) is 18.7 Å². The van der Waals surface area contributed by atoms with Gasteiger partial charge < -0.3 is 0 Å². The van der Waals surface area contributed by atoms with E-state index in [0.717, 1.165) is 16.7 Å². The summed E-state index contributed by atoms with van der Waals surface area (Å²) in [6.45, 7) is 6.20. The molecule has 0 aromatic heterocycles. The molecule has 3 rings (SSSR count). The van der Waals surface area contributed by atoms with Gasteiger partial charge in [0.05, 0.1) is 11.4 Å². The van der Waals surface area contributed by atoms with Crippen LogP contribution in [0.4, 0.5) is 0 Å². The van der Waals surface area contributed by atoms with E-state index in [4.69, 9.17) is 0 Å². The summed E-state index contributed by atoms with van der Waals surface area (Å²) < 4.78 is 26.8. The third kappa shape index (κ3) is 4.03. The lowest BCUT2D eigenvalue weighted by Crippen LogP contribution is -2.49. The van der Waals surface area contributed by atoms with Crippen molar-refractivity contribution in [3.8, 4) is 0 Å². The molecule has 0 spiro atoms. The van der Waals surface area contributed by atoms with Crippen molar-refractivity contribution >= 4 is 15.8 Å². The molecule has 1 aliphatic heterocycles. The molecule has 26 heavy (non-hydrogen) atoms. The van der Waals surface area contributed by atoms with E-state index < -0.39 is 10.0 Å². The van der Waals surface area contributed by atoms with Crippen LogP contribution in [0.5, 0.6) is 0 Å². The number of carbonyl (C=O) groups excluding carboxylic acids is 1. The average Bonchev–Trinajstić information content (AvgIpc) is 2.63. The van der Waals surface area contributed by atoms with Crippen molar-refractivity contribution in [1.82, 2.24) is 9.21 Å². The van der Waals surface area contributed by atoms with E-state index in [9.17, 15) is 13.2 Å². The van der Waals surface area contributed by atoms with Crippen LogP contribution in [0.15, 0.2) is 53.4 Å². The lowest BCUT2D eigenvalue weighted by atomic mass is 10.0. The summed E-state index contributed by atoms with van der Waals surface area (Å²) in [6, 6.07) is 14.3. The molecular formula is C20H24N2O3S. The molecule has 1 fully saturated rings. The summed E-state index contributed by atoms with van der Waals surface area (Å²) in [6.07, 6.45) is 0. The fourth-order valence-electron chi connectivity index (χ4n) is 3.28. The highest BCUT2D eigenvalue weighted by Crippen LogP contribution is 2.18. The monoisotopic (exact) mass is 372 g/mol. The predicted molar refractivity (Wildman–Crippen MR) is 102 cm³/mol. The summed E-state index contributed by atoms with van der Waals surface area (Å²) in [5.41, 5.74) is 2.87. The molecule has 2 aromatic rings. The molecule has 1 heterocycles. The summed E-state index contributed by atoms with van der Waals surface area (Å²) >= 11 is 0. The van der Waals surface area contributed by atoms with Gasteiger partial charge in [-0.2, -0.15) is 4.31 Å². The standard InChI is InChI=1S/C20H24N2O3S/c1-16-8-9-19(17(2)14-16)20(23)15-21-10-12-22(13-11-21)26(24,25)18-6-4-3-5-7-18/h3-9,14H,10-13,15H2,1-2H3. The van der Waals surface area contributed by atoms with Gasteiger partial charge in [-0.15, -0.1) is 0 Å². The van der Waals surface area contributed by atoms with Gasteiger partial charge in [0.1, 0.15) is 0 Å². The number of Topliss-reactive ketones (excluding diaryl/α,β-unsaturated/α-hetero) is 1. The molecule has 0 bridgehead atoms. The molecule has 0 radical (unpaired) electrons. The van der Waals surface area contributed by atoms with Gasteiger partial charge in [-0.3, -0.25) is 9.69 Å². The molecule has 2 aromatic carbocycles. The quantitative estimate of drug-likeness (QED) is 0.757. The normalized spacial score (nSPS) is 16.5. The molecule has 0 amide bonds. The second-order valence-corrected chi connectivity index (χ2v) is 8.67. The van der Waals surface area contributed by atoms with Crippen LogP contribution in [0.3, 0.4) is 0 Å². The fraction of sp³-hybridized carbons (Fsp3) is 0.350. The van der Waals surface area contributed by atoms with E-state index in [-0.39, 0.29) is 5.78 Å². The Morgan fingerprint density at radius 3 is 2.23 bits per heavy atom. The number of carbonyl (C=O) groups is 1. The van der Waals surface area contributed by atoms with E-state index in [1.807, 2.05) is 36.9 Å². The third-order valence-electron chi connectivity index (χ3n) is 4.76. The zero-order valence-electron chi connectivity index (χ0n) is 15.2. The van der Waals surface area contributed by atoms with E-state index in [2.05, 4.69) is 0 Å². The smallest absolute Gasteiger partial charge is 0.243 e. The molecule has 0 aliphatic carbocycles. The Bertz CT molecular complexity index is 887. The number of piperazine rings is 1. The van der Waals surface area contributed by atoms with Crippen molar-refractivity contribution in [3.63, 3.8) is 0 Å². The Kier molecular flexibility index (Phi) is 5.55. The summed E-state index contributed by atoms with van der Waals surface area (Å²) in [7, 11) is -3.46. The maximum atomic E-state index is 12.7. The van der Waals surface area contributed by atoms with Crippen LogP contribution < -0.4 is 0 Å². The van der Waals surface area contributed by atoms with Gasteiger partial charge in [0.25, 0.3) is 0 Å². The van der Waals surface area contributed by atoms with Crippen molar-refractivity contribution in [1.29, 1.82) is 0 Å². The molecule has 6 heteroatoms. The van der Waals surface area contributed by atoms with Crippen LogP contribution in [0.1, 0.15) is 21.5 Å². The first-order valence-electron chi connectivity index (χ1n) is 8.76. The largest absolute Gasteiger partial charge is 0.293 e. The molecule has 1 saturated heterocycles. The molecule has 5 nitrogen and oxygen atoms in total. The van der Waals surface area contributed by atoms with Gasteiger partial charge in [0, 0.05) is 31.7 Å². The maximum absolute atomic E-state index is 12.7. The minimum atomic E-state index is -3.46. The maximum Gasteiger partial charge on any atom is 0.243 e. The highest BCUT2D eigenvalue weighted by Gasteiger charge is 2.29. The summed E-state index contributed by atoms with van der Waals surface area (Å²) in [5, 5.41) is 0. The highest BCUT2D eigenvalue weighted by molar-refractivity contribution is 7.89. The lowest BCUT2D eigenvalue weighted by molar-refractivity contribution is 0.0901. The van der Waals surface area contributed by atoms with E-state index in [1.165, 1.54) is 4.31 Å². The molecule has 0 unspecified atom stereocenters. The minimum Gasteiger partial charge on any atom is -0.293 e. The van der Waals surface area contributed by atoms with Crippen molar-refractivity contribution < 1.29 is 13.2 Å². The van der Waals surface area contributed by atoms with Gasteiger partial charge >= 0.3 is 0 Å². The average molecular weight is 372 g/mol. The van der Waals surface area contributed by atoms with Crippen LogP contribution in [-0.4, -0.2) is 56.1 Å². The van der Waals surface area contributed by atoms with E-state index >= 15 is 0 Å². The van der Waals surface area contributed by atoms with Gasteiger partial charge in [0.2, 0.25) is 10.0 Å². The first-order chi connectivity index (χ1) is 12.4. The molecule has 0 N–H and O–H groups in total. The number of sulfonamides is 1. The number of rotatable bonds is 5. The number of hydrogen-bond acceptors (Lipinski definition) is 4. The molecular weight excluding hydrogens is 348 g/mol. The minimum absolute atomic E-state index is 0.0851. The van der Waals surface area contributed by atoms with E-state index in [1.54, 1.807) is 30.3 Å². The van der Waals surface area contributed by atoms with E-state index in [0.29, 0.717) is 37.6 Å². The molecule has 1 aliphatic rings. The van der Waals surface area contributed by atoms with Gasteiger partial charge in [-0.05, 0) is 31.5 Å². The molecule has 0 saturated carbocycles. The van der Waals surface area contributed by atoms with Gasteiger partial charge in [-0.25, -0.2) is 8.42 Å². The highest BCUT2D eigenvalue weighted by atomic mass is 32.2. The zero-order valence-corrected chi connectivity index (χ0v) is 16.0. The number of benzene rings is 2. The Morgan fingerprint density at radius 2 is 1.62 bits per heavy atom. The zero-order chi connectivity index (χ0) is 18.7. The number of nitrogens with zero attached hydrogens (tertiary/aromatic N) is 2. The van der Waals surface area contributed by atoms with Crippen molar-refractivity contribution in [2.24, 2.45) is 0 Å². The third-order valence-corrected chi connectivity index (χ3v) is 6.67. The summed E-state index contributed by atoms with van der Waals surface area (Å²) in [5.74, 6) is 0.0851. The number of aryl methyl sites for hydroxylation is 2. The topological polar surface area (TPSA) is 57.7 Å². The van der Waals surface area contributed by atoms with Crippen LogP contribution in [0.2, 0.25) is 0 Å². The van der Waals surface area contributed by atoms with Crippen LogP contribution in [-0.2, 0) is 10.0 Å². The second kappa shape index (κ2) is 7.70. The first kappa shape index (κ1) is 18.8. The summed E-state index contributed by atoms with van der Waals surface area (Å²) in [4.78, 5) is 14.9. The second-order valence-electron chi connectivity index (χ2n) is 6.73. The Hall–Kier alpha value is -2.02. The van der Waals surface area contributed by atoms with Gasteiger partial charge in [-0.1, -0.05) is 42.0 Å². The predicted octanol–water partition coefficient (Wildman–Crippen LogP) is 2.49. The van der Waals surface area contributed by atoms with Crippen molar-refractivity contribution in [2.75, 3.05) is 32.7 Å². The Labute approximate surface area is 155 Å².